The van der Waals surface area contributed by atoms with E-state index in [-0.39, 0.29) is 41.8 Å². The zero-order valence-corrected chi connectivity index (χ0v) is 23.6. The van der Waals surface area contributed by atoms with Gasteiger partial charge in [-0.3, -0.25) is 9.59 Å². The molecule has 3 heterocycles. The fourth-order valence-corrected chi connectivity index (χ4v) is 4.73. The molecule has 0 aliphatic carbocycles. The van der Waals surface area contributed by atoms with Crippen molar-refractivity contribution >= 4 is 41.0 Å². The van der Waals surface area contributed by atoms with Gasteiger partial charge in [0.1, 0.15) is 5.82 Å². The first-order valence-corrected chi connectivity index (χ1v) is 13.0. The summed E-state index contributed by atoms with van der Waals surface area (Å²) in [4.78, 5) is 46.1. The molecule has 0 radical (unpaired) electrons. The largest absolute Gasteiger partial charge is 0.464 e. The number of carbonyl (C=O) groups is 2. The lowest BCUT2D eigenvalue weighted by atomic mass is 9.98. The van der Waals surface area contributed by atoms with E-state index in [1.54, 1.807) is 21.7 Å². The van der Waals surface area contributed by atoms with Crippen molar-refractivity contribution in [2.24, 2.45) is 0 Å². The molecule has 1 aliphatic heterocycles. The standard InChI is InChI=1S/C26H30Cl2N6O4/c1-13(2)29-26-30-21-12-32(23(35)16-7-8-18(27)19(28)10-16)15(5)9-17(21)24(36)33(26)22-11-20(25(37)38-6)31-34(22)14(3)4/h7-8,10-11,13-15H,9,12H2,1-6H3,(H,29,30)/t15-/m1/s1. The third kappa shape index (κ3) is 5.15. The number of rotatable bonds is 6. The Morgan fingerprint density at radius 1 is 1.13 bits per heavy atom. The van der Waals surface area contributed by atoms with Gasteiger partial charge in [0.05, 0.1) is 29.4 Å². The number of amides is 1. The topological polar surface area (TPSA) is 111 Å². The molecule has 12 heteroatoms. The Balaban J connectivity index is 1.84. The zero-order valence-electron chi connectivity index (χ0n) is 22.1. The molecule has 3 aromatic rings. The average molecular weight is 561 g/mol. The highest BCUT2D eigenvalue weighted by atomic mass is 35.5. The number of ether oxygens (including phenoxy) is 1. The lowest BCUT2D eigenvalue weighted by Crippen LogP contribution is -2.46. The van der Waals surface area contributed by atoms with Gasteiger partial charge in [0, 0.05) is 35.3 Å². The number of halogens is 2. The van der Waals surface area contributed by atoms with E-state index in [2.05, 4.69) is 10.4 Å². The normalized spacial score (nSPS) is 15.1. The first-order valence-electron chi connectivity index (χ1n) is 12.3. The molecule has 10 nitrogen and oxygen atoms in total. The number of carbonyl (C=O) groups excluding carboxylic acids is 2. The molecule has 2 aromatic heterocycles. The Kier molecular flexibility index (Phi) is 7.85. The van der Waals surface area contributed by atoms with Crippen LogP contribution in [-0.2, 0) is 17.7 Å². The Morgan fingerprint density at radius 2 is 1.84 bits per heavy atom. The molecule has 1 amide bonds. The van der Waals surface area contributed by atoms with Gasteiger partial charge in [-0.05, 0) is 59.2 Å². The van der Waals surface area contributed by atoms with Crippen molar-refractivity contribution in [3.8, 4) is 5.82 Å². The third-order valence-electron chi connectivity index (χ3n) is 6.29. The van der Waals surface area contributed by atoms with Gasteiger partial charge in [0.15, 0.2) is 5.69 Å². The summed E-state index contributed by atoms with van der Waals surface area (Å²) in [5.41, 5.74) is 1.21. The molecule has 0 unspecified atom stereocenters. The highest BCUT2D eigenvalue weighted by molar-refractivity contribution is 6.42. The van der Waals surface area contributed by atoms with Gasteiger partial charge in [-0.25, -0.2) is 19.0 Å². The van der Waals surface area contributed by atoms with Crippen molar-refractivity contribution in [1.29, 1.82) is 0 Å². The van der Waals surface area contributed by atoms with Gasteiger partial charge in [-0.2, -0.15) is 5.10 Å². The molecule has 202 valence electrons. The van der Waals surface area contributed by atoms with Crippen LogP contribution in [0.3, 0.4) is 0 Å². The Hall–Kier alpha value is -3.37. The van der Waals surface area contributed by atoms with Crippen LogP contribution in [0.4, 0.5) is 5.95 Å². The van der Waals surface area contributed by atoms with Gasteiger partial charge in [-0.1, -0.05) is 23.2 Å². The van der Waals surface area contributed by atoms with Crippen LogP contribution in [-0.4, -0.2) is 55.3 Å². The van der Waals surface area contributed by atoms with E-state index in [1.807, 2.05) is 34.6 Å². The van der Waals surface area contributed by atoms with Crippen LogP contribution in [0.15, 0.2) is 29.1 Å². The number of hydrogen-bond donors (Lipinski definition) is 1. The first-order chi connectivity index (χ1) is 17.9. The fraction of sp³-hybridized carbons (Fsp3) is 0.423. The molecular formula is C26H30Cl2N6O4. The van der Waals surface area contributed by atoms with Crippen molar-refractivity contribution in [1.82, 2.24) is 24.2 Å². The van der Waals surface area contributed by atoms with Crippen LogP contribution in [0.2, 0.25) is 10.0 Å². The molecule has 1 aromatic carbocycles. The number of esters is 1. The van der Waals surface area contributed by atoms with E-state index in [1.165, 1.54) is 23.8 Å². The van der Waals surface area contributed by atoms with Gasteiger partial charge in [0.25, 0.3) is 11.5 Å². The highest BCUT2D eigenvalue weighted by Gasteiger charge is 2.33. The molecule has 1 atom stereocenters. The molecule has 38 heavy (non-hydrogen) atoms. The highest BCUT2D eigenvalue weighted by Crippen LogP contribution is 2.28. The van der Waals surface area contributed by atoms with Crippen molar-refractivity contribution < 1.29 is 14.3 Å². The molecule has 1 N–H and O–H groups in total. The van der Waals surface area contributed by atoms with Crippen LogP contribution < -0.4 is 10.9 Å². The molecular weight excluding hydrogens is 531 g/mol. The number of hydrogen-bond acceptors (Lipinski definition) is 7. The number of fused-ring (bicyclic) bond motifs is 1. The lowest BCUT2D eigenvalue weighted by Gasteiger charge is -2.35. The molecule has 0 saturated carbocycles. The summed E-state index contributed by atoms with van der Waals surface area (Å²) in [5, 5.41) is 8.28. The lowest BCUT2D eigenvalue weighted by molar-refractivity contribution is 0.0591. The van der Waals surface area contributed by atoms with Gasteiger partial charge in [0.2, 0.25) is 5.95 Å². The monoisotopic (exact) mass is 560 g/mol. The van der Waals surface area contributed by atoms with E-state index in [0.717, 1.165) is 0 Å². The minimum atomic E-state index is -0.604. The maximum atomic E-state index is 14.0. The first kappa shape index (κ1) is 27.7. The molecule has 4 rings (SSSR count). The predicted octanol–water partition coefficient (Wildman–Crippen LogP) is 4.51. The van der Waals surface area contributed by atoms with Crippen LogP contribution in [0.5, 0.6) is 0 Å². The number of benzene rings is 1. The van der Waals surface area contributed by atoms with E-state index in [4.69, 9.17) is 32.9 Å². The van der Waals surface area contributed by atoms with E-state index >= 15 is 0 Å². The molecule has 0 saturated heterocycles. The zero-order chi connectivity index (χ0) is 27.9. The second-order valence-electron chi connectivity index (χ2n) is 9.83. The summed E-state index contributed by atoms with van der Waals surface area (Å²) in [6, 6.07) is 5.78. The predicted molar refractivity (Wildman–Crippen MR) is 146 cm³/mol. The molecule has 1 aliphatic rings. The summed E-state index contributed by atoms with van der Waals surface area (Å²) in [6.07, 6.45) is 0.301. The number of methoxy groups -OCH3 is 1. The van der Waals surface area contributed by atoms with E-state index in [9.17, 15) is 14.4 Å². The van der Waals surface area contributed by atoms with Crippen molar-refractivity contribution in [3.63, 3.8) is 0 Å². The average Bonchev–Trinajstić information content (AvgIpc) is 3.30. The summed E-state index contributed by atoms with van der Waals surface area (Å²) in [6.45, 7) is 9.69. The Morgan fingerprint density at radius 3 is 2.45 bits per heavy atom. The van der Waals surface area contributed by atoms with Crippen LogP contribution in [0.25, 0.3) is 5.82 Å². The minimum absolute atomic E-state index is 0.0573. The number of nitrogens with zero attached hydrogens (tertiary/aromatic N) is 5. The maximum absolute atomic E-state index is 14.0. The van der Waals surface area contributed by atoms with Crippen LogP contribution in [0.1, 0.15) is 72.8 Å². The number of anilines is 1. The van der Waals surface area contributed by atoms with Gasteiger partial charge < -0.3 is 15.0 Å². The fourth-order valence-electron chi connectivity index (χ4n) is 4.43. The quantitative estimate of drug-likeness (QED) is 0.441. The summed E-state index contributed by atoms with van der Waals surface area (Å²) < 4.78 is 7.89. The summed E-state index contributed by atoms with van der Waals surface area (Å²) in [5.74, 6) is -0.149. The summed E-state index contributed by atoms with van der Waals surface area (Å²) in [7, 11) is 1.28. The van der Waals surface area contributed by atoms with Crippen molar-refractivity contribution in [2.75, 3.05) is 12.4 Å². The maximum Gasteiger partial charge on any atom is 0.358 e. The number of nitrogens with one attached hydrogen (secondary N) is 1. The van der Waals surface area contributed by atoms with Crippen molar-refractivity contribution in [3.05, 3.63) is 67.2 Å². The third-order valence-corrected chi connectivity index (χ3v) is 7.03. The summed E-state index contributed by atoms with van der Waals surface area (Å²) >= 11 is 12.2. The second kappa shape index (κ2) is 10.8. The second-order valence-corrected chi connectivity index (χ2v) is 10.6. The Labute approximate surface area is 230 Å². The molecule has 0 spiro atoms. The molecule has 0 fully saturated rings. The Bertz CT molecular complexity index is 1460. The van der Waals surface area contributed by atoms with Gasteiger partial charge >= 0.3 is 5.97 Å². The van der Waals surface area contributed by atoms with Crippen LogP contribution in [0, 0.1) is 0 Å². The van der Waals surface area contributed by atoms with Crippen molar-refractivity contribution in [2.45, 2.75) is 65.7 Å². The van der Waals surface area contributed by atoms with Gasteiger partial charge in [-0.15, -0.1) is 0 Å². The van der Waals surface area contributed by atoms with E-state index < -0.39 is 5.97 Å². The smallest absolute Gasteiger partial charge is 0.358 e. The number of aromatic nitrogens is 4. The van der Waals surface area contributed by atoms with Crippen LogP contribution >= 0.6 is 23.2 Å². The molecule has 0 bridgehead atoms. The SMILES string of the molecule is COC(=O)c1cc(-n2c(NC(C)C)nc3c(c2=O)C[C@@H](C)N(C(=O)c2ccc(Cl)c(Cl)c2)C3)n(C(C)C)n1. The minimum Gasteiger partial charge on any atom is -0.464 e. The van der Waals surface area contributed by atoms with E-state index in [0.29, 0.717) is 45.1 Å².